The van der Waals surface area contributed by atoms with Crippen LogP contribution in [-0.2, 0) is 4.79 Å². The third-order valence-corrected chi connectivity index (χ3v) is 8.55. The molecule has 0 unspecified atom stereocenters. The summed E-state index contributed by atoms with van der Waals surface area (Å²) < 4.78 is 28.8. The first-order valence-corrected chi connectivity index (χ1v) is 14.8. The van der Waals surface area contributed by atoms with Gasteiger partial charge in [0.2, 0.25) is 5.91 Å². The van der Waals surface area contributed by atoms with Crippen molar-refractivity contribution in [3.63, 3.8) is 0 Å². The van der Waals surface area contributed by atoms with Crippen molar-refractivity contribution in [3.05, 3.63) is 93.6 Å². The number of benzene rings is 1. The van der Waals surface area contributed by atoms with Crippen LogP contribution in [0.2, 0.25) is 0 Å². The first-order chi connectivity index (χ1) is 19.6. The zero-order chi connectivity index (χ0) is 29.7. The van der Waals surface area contributed by atoms with Crippen LogP contribution in [0.25, 0.3) is 11.6 Å². The number of piperidine rings is 1. The molecule has 0 spiro atoms. The Hall–Kier alpha value is -3.70. The van der Waals surface area contributed by atoms with Gasteiger partial charge in [0, 0.05) is 49.8 Å². The van der Waals surface area contributed by atoms with E-state index in [1.807, 2.05) is 19.1 Å². The van der Waals surface area contributed by atoms with Crippen LogP contribution in [0.3, 0.4) is 0 Å². The number of halogens is 2. The zero-order valence-electron chi connectivity index (χ0n) is 24.2. The van der Waals surface area contributed by atoms with E-state index >= 15 is 0 Å². The summed E-state index contributed by atoms with van der Waals surface area (Å²) in [5, 5.41) is 4.44. The van der Waals surface area contributed by atoms with Crippen molar-refractivity contribution in [2.24, 2.45) is 11.8 Å². The Morgan fingerprint density at radius 1 is 1.27 bits per heavy atom. The molecular weight excluding hydrogens is 538 g/mol. The van der Waals surface area contributed by atoms with Crippen LogP contribution < -0.4 is 5.32 Å². The van der Waals surface area contributed by atoms with Gasteiger partial charge in [-0.3, -0.25) is 4.79 Å². The van der Waals surface area contributed by atoms with Crippen LogP contribution in [-0.4, -0.2) is 47.3 Å². The van der Waals surface area contributed by atoms with Gasteiger partial charge < -0.3 is 15.1 Å². The highest BCUT2D eigenvalue weighted by molar-refractivity contribution is 7.12. The molecule has 5 nitrogen and oxygen atoms in total. The first kappa shape index (κ1) is 30.3. The fourth-order valence-electron chi connectivity index (χ4n) is 5.56. The topological polar surface area (TPSA) is 48.5 Å². The predicted octanol–water partition coefficient (Wildman–Crippen LogP) is 7.83. The van der Waals surface area contributed by atoms with E-state index in [1.165, 1.54) is 11.9 Å². The molecule has 4 rings (SSSR count). The van der Waals surface area contributed by atoms with Crippen molar-refractivity contribution in [3.8, 4) is 0 Å². The lowest BCUT2D eigenvalue weighted by atomic mass is 9.93. The lowest BCUT2D eigenvalue weighted by Crippen LogP contribution is -2.43. The molecule has 0 bridgehead atoms. The van der Waals surface area contributed by atoms with Gasteiger partial charge in [0.15, 0.2) is 0 Å². The van der Waals surface area contributed by atoms with Gasteiger partial charge in [-0.2, -0.15) is 0 Å². The summed E-state index contributed by atoms with van der Waals surface area (Å²) in [5.74, 6) is -0.344. The van der Waals surface area contributed by atoms with Gasteiger partial charge in [-0.1, -0.05) is 38.6 Å². The number of anilines is 1. The number of carbonyl (C=O) groups is 1. The van der Waals surface area contributed by atoms with Gasteiger partial charge in [0.1, 0.15) is 6.04 Å². The maximum absolute atomic E-state index is 14.4. The molecule has 1 aromatic heterocycles. The number of nitrogens with zero attached hydrogens (tertiary/aromatic N) is 3. The average molecular weight is 577 g/mol. The molecule has 216 valence electrons. The van der Waals surface area contributed by atoms with Crippen LogP contribution in [0.1, 0.15) is 60.3 Å². The second kappa shape index (κ2) is 13.3. The Balaban J connectivity index is 1.49. The van der Waals surface area contributed by atoms with E-state index in [9.17, 15) is 13.6 Å². The highest BCUT2D eigenvalue weighted by atomic mass is 32.1. The van der Waals surface area contributed by atoms with Crippen molar-refractivity contribution in [2.75, 3.05) is 25.5 Å². The van der Waals surface area contributed by atoms with Gasteiger partial charge >= 0.3 is 0 Å². The summed E-state index contributed by atoms with van der Waals surface area (Å²) in [5.41, 5.74) is 11.2. The normalized spacial score (nSPS) is 16.0. The summed E-state index contributed by atoms with van der Waals surface area (Å²) in [6.07, 6.45) is 4.78. The minimum Gasteiger partial charge on any atom is -0.368 e. The first-order valence-electron chi connectivity index (χ1n) is 14.0. The fraction of sp³-hybridized carbons (Fsp3) is 0.394. The Bertz CT molecular complexity index is 1420. The molecule has 0 saturated carbocycles. The quantitative estimate of drug-likeness (QED) is 0.231. The monoisotopic (exact) mass is 576 g/mol. The van der Waals surface area contributed by atoms with E-state index in [4.69, 9.17) is 4.98 Å². The van der Waals surface area contributed by atoms with Crippen molar-refractivity contribution >= 4 is 34.6 Å². The summed E-state index contributed by atoms with van der Waals surface area (Å²) in [7, 11) is 1.49. The minimum atomic E-state index is -2.72. The van der Waals surface area contributed by atoms with E-state index in [0.29, 0.717) is 37.9 Å². The summed E-state index contributed by atoms with van der Waals surface area (Å²) in [4.78, 5) is 22.5. The Kier molecular flexibility index (Phi) is 9.82. The second-order valence-electron chi connectivity index (χ2n) is 10.7. The van der Waals surface area contributed by atoms with Crippen LogP contribution in [0.15, 0.2) is 72.4 Å². The Morgan fingerprint density at radius 2 is 1.95 bits per heavy atom. The van der Waals surface area contributed by atoms with Crippen LogP contribution in [0.4, 0.5) is 14.5 Å². The molecule has 8 heteroatoms. The molecule has 41 heavy (non-hydrogen) atoms. The highest BCUT2D eigenvalue weighted by Crippen LogP contribution is 2.36. The van der Waals surface area contributed by atoms with E-state index in [0.717, 1.165) is 38.2 Å². The average Bonchev–Trinajstić information content (AvgIpc) is 3.22. The minimum absolute atomic E-state index is 0.206. The number of aryl methyl sites for hydroxylation is 1. The molecule has 1 aliphatic carbocycles. The number of allylic oxidation sites excluding steroid dienone is 3. The molecule has 2 heterocycles. The maximum atomic E-state index is 14.4. The number of hydrogen-bond acceptors (Lipinski definition) is 5. The molecule has 2 aliphatic rings. The van der Waals surface area contributed by atoms with Crippen molar-refractivity contribution in [1.82, 2.24) is 14.8 Å². The SMILES string of the molecule is C=C=C(CC=C)N1CCC(C(=O)N(C)[C@@H](c2ccc(NC3=C(C(C)C)c4nc(C)sc4C=C=C3)cc2)C(F)F)CC1. The molecule has 1 aliphatic heterocycles. The number of hydrogen-bond donors (Lipinski definition) is 1. The van der Waals surface area contributed by atoms with Gasteiger partial charge in [-0.25, -0.2) is 13.8 Å². The molecule has 1 saturated heterocycles. The van der Waals surface area contributed by atoms with Gasteiger partial charge in [0.05, 0.1) is 27.0 Å². The van der Waals surface area contributed by atoms with E-state index in [-0.39, 0.29) is 17.7 Å². The number of thiazole rings is 1. The molecule has 1 fully saturated rings. The van der Waals surface area contributed by atoms with E-state index in [1.54, 1.807) is 41.7 Å². The number of carbonyl (C=O) groups excluding carboxylic acids is 1. The number of aromatic nitrogens is 1. The van der Waals surface area contributed by atoms with Crippen LogP contribution in [0.5, 0.6) is 0 Å². The molecule has 1 N–H and O–H groups in total. The lowest BCUT2D eigenvalue weighted by Gasteiger charge is -2.37. The van der Waals surface area contributed by atoms with E-state index < -0.39 is 12.5 Å². The number of alkyl halides is 2. The summed E-state index contributed by atoms with van der Waals surface area (Å²) in [6.45, 7) is 15.1. The van der Waals surface area contributed by atoms with Crippen LogP contribution >= 0.6 is 11.3 Å². The highest BCUT2D eigenvalue weighted by Gasteiger charge is 2.35. The van der Waals surface area contributed by atoms with Crippen molar-refractivity contribution < 1.29 is 13.6 Å². The fourth-order valence-corrected chi connectivity index (χ4v) is 6.39. The van der Waals surface area contributed by atoms with E-state index in [2.05, 4.69) is 48.7 Å². The molecule has 1 atom stereocenters. The number of fused-ring (bicyclic) bond motifs is 1. The van der Waals surface area contributed by atoms with Crippen molar-refractivity contribution in [2.45, 2.75) is 52.5 Å². The standard InChI is InChI=1S/C33H38F2N4OS/c1-7-10-26(8-2)39-19-17-24(18-20-39)33(40)38(6)31(32(34)35)23-13-15-25(16-14-23)37-27-11-9-12-28-30(29(27)21(3)4)36-22(5)41-28/h7,11-16,21,24,31-32,37H,1-2,10,17-20H2,3-6H3/t31-/m0/s1. The summed E-state index contributed by atoms with van der Waals surface area (Å²) in [6, 6.07) is 5.58. The van der Waals surface area contributed by atoms with Gasteiger partial charge in [0.25, 0.3) is 6.43 Å². The third kappa shape index (κ3) is 6.79. The number of likely N-dealkylation sites (tertiary alicyclic amines) is 1. The molecule has 1 aromatic carbocycles. The Morgan fingerprint density at radius 3 is 2.54 bits per heavy atom. The molecule has 0 radical (unpaired) electrons. The maximum Gasteiger partial charge on any atom is 0.262 e. The predicted molar refractivity (Wildman–Crippen MR) is 164 cm³/mol. The molecule has 1 amide bonds. The Labute approximate surface area is 246 Å². The largest absolute Gasteiger partial charge is 0.368 e. The molecular formula is C33H38F2N4OS. The van der Waals surface area contributed by atoms with Crippen molar-refractivity contribution in [1.29, 1.82) is 0 Å². The molecule has 2 aromatic rings. The van der Waals surface area contributed by atoms with Crippen LogP contribution in [0, 0.1) is 18.8 Å². The van der Waals surface area contributed by atoms with Gasteiger partial charge in [-0.15, -0.1) is 29.4 Å². The number of amides is 1. The summed E-state index contributed by atoms with van der Waals surface area (Å²) >= 11 is 1.63. The smallest absolute Gasteiger partial charge is 0.262 e. The lowest BCUT2D eigenvalue weighted by molar-refractivity contribution is -0.141. The zero-order valence-corrected chi connectivity index (χ0v) is 25.0. The third-order valence-electron chi connectivity index (χ3n) is 7.63. The number of nitrogens with one attached hydrogen (secondary N) is 1. The number of rotatable bonds is 10. The van der Waals surface area contributed by atoms with Gasteiger partial charge in [-0.05, 0) is 49.5 Å². The second-order valence-corrected chi connectivity index (χ2v) is 12.0.